The monoisotopic (exact) mass is 247 g/mol. The third-order valence-corrected chi connectivity index (χ3v) is 3.13. The number of nitrogens with two attached hydrogens (primary N) is 1. The maximum Gasteiger partial charge on any atom is 0.419 e. The Morgan fingerprint density at radius 3 is 2.41 bits per heavy atom. The molecule has 0 aliphatic heterocycles. The summed E-state index contributed by atoms with van der Waals surface area (Å²) in [5.74, 6) is -0.886. The lowest BCUT2D eigenvalue weighted by Crippen LogP contribution is -2.37. The summed E-state index contributed by atoms with van der Waals surface area (Å²) >= 11 is 0. The second-order valence-electron chi connectivity index (χ2n) is 4.61. The highest BCUT2D eigenvalue weighted by Crippen LogP contribution is 2.34. The van der Waals surface area contributed by atoms with E-state index in [2.05, 4.69) is 0 Å². The summed E-state index contributed by atoms with van der Waals surface area (Å²) in [7, 11) is 0. The zero-order valence-electron chi connectivity index (χ0n) is 9.10. The Kier molecular flexibility index (Phi) is 3.12. The van der Waals surface area contributed by atoms with Gasteiger partial charge >= 0.3 is 6.18 Å². The van der Waals surface area contributed by atoms with Crippen molar-refractivity contribution in [3.05, 3.63) is 35.1 Å². The Bertz CT molecular complexity index is 407. The van der Waals surface area contributed by atoms with E-state index < -0.39 is 17.6 Å². The third-order valence-electron chi connectivity index (χ3n) is 3.13. The van der Waals surface area contributed by atoms with Crippen molar-refractivity contribution in [3.8, 4) is 0 Å². The highest BCUT2D eigenvalue weighted by atomic mass is 19.4. The molecule has 0 bridgehead atoms. The molecule has 94 valence electrons. The second kappa shape index (κ2) is 4.29. The first kappa shape index (κ1) is 12.4. The molecule has 0 saturated heterocycles. The predicted octanol–water partition coefficient (Wildman–Crippen LogP) is 3.12. The first-order valence-electron chi connectivity index (χ1n) is 5.47. The van der Waals surface area contributed by atoms with Gasteiger partial charge in [-0.05, 0) is 42.9 Å². The Hall–Kier alpha value is -1.10. The van der Waals surface area contributed by atoms with Crippen LogP contribution in [-0.4, -0.2) is 6.04 Å². The van der Waals surface area contributed by atoms with Crippen molar-refractivity contribution < 1.29 is 17.6 Å². The summed E-state index contributed by atoms with van der Waals surface area (Å²) in [6.45, 7) is 0. The molecule has 1 nitrogen and oxygen atoms in total. The van der Waals surface area contributed by atoms with Gasteiger partial charge in [0, 0.05) is 6.04 Å². The molecule has 1 saturated carbocycles. The van der Waals surface area contributed by atoms with Crippen LogP contribution < -0.4 is 5.73 Å². The van der Waals surface area contributed by atoms with E-state index in [4.69, 9.17) is 5.73 Å². The van der Waals surface area contributed by atoms with E-state index in [1.165, 1.54) is 6.07 Å². The maximum atomic E-state index is 13.0. The van der Waals surface area contributed by atoms with Gasteiger partial charge in [0.15, 0.2) is 0 Å². The molecule has 17 heavy (non-hydrogen) atoms. The molecule has 0 heterocycles. The van der Waals surface area contributed by atoms with Crippen LogP contribution in [0.1, 0.15) is 24.0 Å². The fraction of sp³-hybridized carbons (Fsp3) is 0.500. The van der Waals surface area contributed by atoms with Gasteiger partial charge in [0.1, 0.15) is 5.82 Å². The molecule has 1 fully saturated rings. The molecule has 1 aliphatic carbocycles. The minimum atomic E-state index is -4.63. The largest absolute Gasteiger partial charge is 0.419 e. The second-order valence-corrected chi connectivity index (χ2v) is 4.61. The molecule has 0 atom stereocenters. The van der Waals surface area contributed by atoms with Crippen molar-refractivity contribution in [2.24, 2.45) is 11.7 Å². The first-order chi connectivity index (χ1) is 7.86. The third kappa shape index (κ3) is 2.77. The summed E-state index contributed by atoms with van der Waals surface area (Å²) in [6.07, 6.45) is -2.43. The molecule has 0 radical (unpaired) electrons. The van der Waals surface area contributed by atoms with Crippen LogP contribution in [0.15, 0.2) is 18.2 Å². The van der Waals surface area contributed by atoms with Crippen LogP contribution in [0, 0.1) is 11.7 Å². The number of hydrogen-bond acceptors (Lipinski definition) is 1. The molecule has 2 rings (SSSR count). The Morgan fingerprint density at radius 1 is 1.24 bits per heavy atom. The van der Waals surface area contributed by atoms with Crippen molar-refractivity contribution in [1.82, 2.24) is 0 Å². The summed E-state index contributed by atoms with van der Waals surface area (Å²) in [5, 5.41) is 0. The van der Waals surface area contributed by atoms with Gasteiger partial charge in [0.2, 0.25) is 0 Å². The number of rotatable bonds is 2. The van der Waals surface area contributed by atoms with Crippen LogP contribution in [0.4, 0.5) is 17.6 Å². The van der Waals surface area contributed by atoms with Gasteiger partial charge in [-0.15, -0.1) is 0 Å². The standard InChI is InChI=1S/C12H13F4N/c13-11-2-1-7(3-8-4-9(17)5-8)6-10(11)12(14,15)16/h1-2,6,8-9H,3-5,17H2. The first-order valence-corrected chi connectivity index (χ1v) is 5.47. The van der Waals surface area contributed by atoms with Crippen LogP contribution in [0.2, 0.25) is 0 Å². The molecule has 2 N–H and O–H groups in total. The molecule has 1 aromatic carbocycles. The van der Waals surface area contributed by atoms with E-state index in [0.717, 1.165) is 25.0 Å². The van der Waals surface area contributed by atoms with E-state index in [1.807, 2.05) is 0 Å². The van der Waals surface area contributed by atoms with Gasteiger partial charge in [0.25, 0.3) is 0 Å². The Balaban J connectivity index is 2.14. The lowest BCUT2D eigenvalue weighted by atomic mass is 9.77. The normalized spacial score (nSPS) is 24.5. The predicted molar refractivity (Wildman–Crippen MR) is 55.8 cm³/mol. The summed E-state index contributed by atoms with van der Waals surface area (Å²) in [6, 6.07) is 3.37. The number of alkyl halides is 3. The number of hydrogen-bond donors (Lipinski definition) is 1. The minimum Gasteiger partial charge on any atom is -0.328 e. The Labute approximate surface area is 96.6 Å². The van der Waals surface area contributed by atoms with E-state index in [9.17, 15) is 17.6 Å². The van der Waals surface area contributed by atoms with Gasteiger partial charge in [-0.2, -0.15) is 13.2 Å². The summed E-state index contributed by atoms with van der Waals surface area (Å²) in [4.78, 5) is 0. The molecule has 0 spiro atoms. The van der Waals surface area contributed by atoms with Crippen LogP contribution in [0.5, 0.6) is 0 Å². The zero-order valence-corrected chi connectivity index (χ0v) is 9.10. The molecule has 1 aliphatic rings. The van der Waals surface area contributed by atoms with E-state index >= 15 is 0 Å². The van der Waals surface area contributed by atoms with Crippen molar-refractivity contribution >= 4 is 0 Å². The number of halogens is 4. The van der Waals surface area contributed by atoms with Crippen molar-refractivity contribution in [2.45, 2.75) is 31.5 Å². The van der Waals surface area contributed by atoms with Gasteiger partial charge in [-0.3, -0.25) is 0 Å². The zero-order chi connectivity index (χ0) is 12.6. The molecule has 1 aromatic rings. The van der Waals surface area contributed by atoms with Crippen LogP contribution in [0.25, 0.3) is 0 Å². The molecule has 0 unspecified atom stereocenters. The lowest BCUT2D eigenvalue weighted by molar-refractivity contribution is -0.140. The maximum absolute atomic E-state index is 13.0. The fourth-order valence-corrected chi connectivity index (χ4v) is 2.20. The topological polar surface area (TPSA) is 26.0 Å². The highest BCUT2D eigenvalue weighted by molar-refractivity contribution is 5.28. The van der Waals surface area contributed by atoms with Crippen molar-refractivity contribution in [3.63, 3.8) is 0 Å². The van der Waals surface area contributed by atoms with Gasteiger partial charge in [0.05, 0.1) is 5.56 Å². The smallest absolute Gasteiger partial charge is 0.328 e. The van der Waals surface area contributed by atoms with Crippen molar-refractivity contribution in [1.29, 1.82) is 0 Å². The molecule has 0 amide bonds. The minimum absolute atomic E-state index is 0.169. The number of benzene rings is 1. The molecule has 5 heteroatoms. The molecular weight excluding hydrogens is 234 g/mol. The lowest BCUT2D eigenvalue weighted by Gasteiger charge is -2.32. The Morgan fingerprint density at radius 2 is 1.88 bits per heavy atom. The van der Waals surface area contributed by atoms with Crippen LogP contribution >= 0.6 is 0 Å². The average Bonchev–Trinajstić information content (AvgIpc) is 2.16. The van der Waals surface area contributed by atoms with E-state index in [-0.39, 0.29) is 6.04 Å². The summed E-state index contributed by atoms with van der Waals surface area (Å²) in [5.41, 5.74) is 4.95. The summed E-state index contributed by atoms with van der Waals surface area (Å²) < 4.78 is 50.4. The van der Waals surface area contributed by atoms with E-state index in [0.29, 0.717) is 17.9 Å². The molecule has 0 aromatic heterocycles. The fourth-order valence-electron chi connectivity index (χ4n) is 2.20. The van der Waals surface area contributed by atoms with Crippen LogP contribution in [-0.2, 0) is 12.6 Å². The van der Waals surface area contributed by atoms with Crippen LogP contribution in [0.3, 0.4) is 0 Å². The highest BCUT2D eigenvalue weighted by Gasteiger charge is 2.34. The van der Waals surface area contributed by atoms with Crippen molar-refractivity contribution in [2.75, 3.05) is 0 Å². The molecular formula is C12H13F4N. The van der Waals surface area contributed by atoms with Gasteiger partial charge in [-0.1, -0.05) is 6.07 Å². The quantitative estimate of drug-likeness (QED) is 0.798. The SMILES string of the molecule is NC1CC(Cc2ccc(F)c(C(F)(F)F)c2)C1. The van der Waals surface area contributed by atoms with Gasteiger partial charge in [-0.25, -0.2) is 4.39 Å². The van der Waals surface area contributed by atoms with Gasteiger partial charge < -0.3 is 5.73 Å². The average molecular weight is 247 g/mol. The van der Waals surface area contributed by atoms with E-state index in [1.54, 1.807) is 0 Å².